The van der Waals surface area contributed by atoms with Crippen LogP contribution >= 0.6 is 11.3 Å². The Kier molecular flexibility index (Phi) is 14.1. The molecule has 6 rings (SSSR count). The molecule has 0 saturated heterocycles. The van der Waals surface area contributed by atoms with Crippen LogP contribution in [0, 0.1) is 17.9 Å². The van der Waals surface area contributed by atoms with Gasteiger partial charge < -0.3 is 9.90 Å². The minimum Gasteiger partial charge on any atom is -0.512 e. The minimum absolute atomic E-state index is 0. The molecule has 3 aromatic carbocycles. The maximum atomic E-state index is 12.5. The van der Waals surface area contributed by atoms with Gasteiger partial charge in [0.2, 0.25) is 0 Å². The molecule has 2 heterocycles. The van der Waals surface area contributed by atoms with Gasteiger partial charge >= 0.3 is 0 Å². The van der Waals surface area contributed by atoms with E-state index in [1.165, 1.54) is 68.8 Å². The van der Waals surface area contributed by atoms with Gasteiger partial charge in [-0.15, -0.1) is 40.5 Å². The smallest absolute Gasteiger partial charge is 0.136 e. The zero-order valence-electron chi connectivity index (χ0n) is 32.3. The summed E-state index contributed by atoms with van der Waals surface area (Å²) in [5, 5.41) is 15.4. The molecule has 1 radical (unpaired) electrons. The van der Waals surface area contributed by atoms with Crippen LogP contribution < -0.4 is 0 Å². The molecule has 0 bridgehead atoms. The van der Waals surface area contributed by atoms with Crippen molar-refractivity contribution in [3.8, 4) is 11.3 Å². The van der Waals surface area contributed by atoms with Crippen LogP contribution in [-0.2, 0) is 36.7 Å². The maximum Gasteiger partial charge on any atom is 0.136 e. The average Bonchev–Trinajstić information content (AvgIpc) is 3.48. The molecule has 1 aliphatic rings. The van der Waals surface area contributed by atoms with E-state index in [0.717, 1.165) is 35.9 Å². The molecule has 6 heteroatoms. The van der Waals surface area contributed by atoms with Crippen LogP contribution in [0.25, 0.3) is 42.2 Å². The number of carbonyl (C=O) groups excluding carboxylic acids is 1. The van der Waals surface area contributed by atoms with E-state index in [-0.39, 0.29) is 36.8 Å². The topological polar surface area (TPSA) is 50.2 Å². The second-order valence-electron chi connectivity index (χ2n) is 16.4. The van der Waals surface area contributed by atoms with Gasteiger partial charge in [-0.3, -0.25) is 4.98 Å². The number of aromatic nitrogens is 1. The van der Waals surface area contributed by atoms with Crippen molar-refractivity contribution in [3.05, 3.63) is 89.8 Å². The fraction of sp³-hybridized carbons (Fsp3) is 0.467. The van der Waals surface area contributed by atoms with Crippen molar-refractivity contribution in [1.29, 1.82) is 0 Å². The fourth-order valence-corrected chi connectivity index (χ4v) is 11.8. The van der Waals surface area contributed by atoms with Gasteiger partial charge in [0, 0.05) is 58.8 Å². The first kappa shape index (κ1) is 41.1. The van der Waals surface area contributed by atoms with Crippen LogP contribution in [0.15, 0.2) is 72.6 Å². The second kappa shape index (κ2) is 17.5. The van der Waals surface area contributed by atoms with Crippen LogP contribution in [0.3, 0.4) is 0 Å². The van der Waals surface area contributed by atoms with E-state index in [1.54, 1.807) is 6.08 Å². The number of allylic oxidation sites excluding steroid dienone is 2. The van der Waals surface area contributed by atoms with E-state index >= 15 is 0 Å². The number of thiophene rings is 1. The molecule has 1 fully saturated rings. The van der Waals surface area contributed by atoms with Crippen molar-refractivity contribution in [2.45, 2.75) is 124 Å². The van der Waals surface area contributed by atoms with Crippen LogP contribution in [-0.4, -0.2) is 23.6 Å². The largest absolute Gasteiger partial charge is 0.512 e. The summed E-state index contributed by atoms with van der Waals surface area (Å²) >= 11 is 1.89. The van der Waals surface area contributed by atoms with Gasteiger partial charge in [-0.25, -0.2) is 0 Å². The number of hydrogen-bond donors (Lipinski definition) is 1. The summed E-state index contributed by atoms with van der Waals surface area (Å²) in [5.74, 6) is 1.10. The zero-order valence-corrected chi connectivity index (χ0v) is 36.5. The Morgan fingerprint density at radius 2 is 1.61 bits per heavy atom. The van der Waals surface area contributed by atoms with Crippen LogP contribution in [0.2, 0.25) is 18.6 Å². The summed E-state index contributed by atoms with van der Waals surface area (Å²) in [6, 6.07) is 23.5. The molecular formula is C45H58IrNO2SSi-. The second-order valence-corrected chi connectivity index (χ2v) is 22.2. The van der Waals surface area contributed by atoms with Crippen molar-refractivity contribution < 1.29 is 30.0 Å². The minimum atomic E-state index is -1.92. The number of aliphatic hydroxyl groups is 1. The number of aliphatic hydroxyl groups excluding tert-OH is 1. The number of carbonyl (C=O) groups is 1. The zero-order chi connectivity index (χ0) is 36.2. The van der Waals surface area contributed by atoms with Gasteiger partial charge in [0.1, 0.15) is 13.5 Å². The van der Waals surface area contributed by atoms with E-state index in [2.05, 4.69) is 122 Å². The third-order valence-corrected chi connectivity index (χ3v) is 16.2. The monoisotopic (exact) mass is 897 g/mol. The predicted molar refractivity (Wildman–Crippen MR) is 220 cm³/mol. The number of pyridine rings is 1. The standard InChI is InChI=1S/C29H28NS.C16H30O2Si.Ir/c1-18(2)15-20-10-8-12-23-24-13-14-30-26(28(24)31-27(20)23)21-16-19-9-6-7-11-22(19)25(17-21)29(3,4)5;1-5-13(6-2)15(17)12-16(18)19(3,4)14-10-8-7-9-11-14;/h6-14,17-18H,15H2,1-5H3;12-14,17H,5-11H2,1-4H3;/q-1;;/b;15-12-;. The summed E-state index contributed by atoms with van der Waals surface area (Å²) < 4.78 is 2.66. The normalized spacial score (nSPS) is 14.6. The summed E-state index contributed by atoms with van der Waals surface area (Å²) in [6.45, 7) is 19.9. The first-order chi connectivity index (χ1) is 23.8. The Bertz CT molecular complexity index is 1980. The molecule has 0 aliphatic heterocycles. The van der Waals surface area contributed by atoms with E-state index in [4.69, 9.17) is 4.98 Å². The van der Waals surface area contributed by atoms with Gasteiger partial charge in [-0.1, -0.05) is 141 Å². The van der Waals surface area contributed by atoms with Gasteiger partial charge in [-0.05, 0) is 53.2 Å². The SMILES string of the molecule is CC(C)Cc1cccc2c1sc1c(-c3[c-]c4ccccc4c(C(C)(C)C)c3)nccc12.CCC(CC)/C(O)=C/C(=O)[Si](C)(C)C1CCCCC1.[Ir]. The molecule has 1 aliphatic carbocycles. The molecule has 3 nitrogen and oxygen atoms in total. The molecule has 0 spiro atoms. The number of nitrogens with zero attached hydrogens (tertiary/aromatic N) is 1. The summed E-state index contributed by atoms with van der Waals surface area (Å²) in [4.78, 5) is 17.4. The number of benzene rings is 3. The number of rotatable bonds is 9. The van der Waals surface area contributed by atoms with E-state index in [0.29, 0.717) is 17.2 Å². The molecule has 275 valence electrons. The van der Waals surface area contributed by atoms with Crippen molar-refractivity contribution in [1.82, 2.24) is 4.98 Å². The van der Waals surface area contributed by atoms with Gasteiger partial charge in [0.25, 0.3) is 0 Å². The quantitative estimate of drug-likeness (QED) is 0.0694. The molecule has 5 aromatic rings. The van der Waals surface area contributed by atoms with Crippen molar-refractivity contribution in [2.75, 3.05) is 0 Å². The fourth-order valence-electron chi connectivity index (χ4n) is 7.72. The van der Waals surface area contributed by atoms with E-state index in [9.17, 15) is 9.90 Å². The maximum absolute atomic E-state index is 12.5. The van der Waals surface area contributed by atoms with Crippen molar-refractivity contribution in [2.24, 2.45) is 11.8 Å². The molecule has 0 amide bonds. The average molecular weight is 897 g/mol. The molecular weight excluding hydrogens is 839 g/mol. The summed E-state index contributed by atoms with van der Waals surface area (Å²) in [5.41, 5.74) is 5.58. The predicted octanol–water partition coefficient (Wildman–Crippen LogP) is 13.6. The van der Waals surface area contributed by atoms with Crippen LogP contribution in [0.5, 0.6) is 0 Å². The van der Waals surface area contributed by atoms with Gasteiger partial charge in [-0.2, -0.15) is 0 Å². The van der Waals surface area contributed by atoms with Gasteiger partial charge in [0.15, 0.2) is 0 Å². The third-order valence-electron chi connectivity index (χ3n) is 10.9. The molecule has 0 unspecified atom stereocenters. The Hall–Kier alpha value is -2.63. The first-order valence-corrected chi connectivity index (χ1v) is 22.9. The number of hydrogen-bond acceptors (Lipinski definition) is 4. The molecule has 2 aromatic heterocycles. The Labute approximate surface area is 325 Å². The van der Waals surface area contributed by atoms with Crippen molar-refractivity contribution in [3.63, 3.8) is 0 Å². The van der Waals surface area contributed by atoms with Crippen molar-refractivity contribution >= 4 is 55.8 Å². The Morgan fingerprint density at radius 1 is 0.961 bits per heavy atom. The summed E-state index contributed by atoms with van der Waals surface area (Å²) in [6.07, 6.45) is 12.7. The number of fused-ring (bicyclic) bond motifs is 4. The summed E-state index contributed by atoms with van der Waals surface area (Å²) in [7, 11) is -1.92. The van der Waals surface area contributed by atoms with Gasteiger partial charge in [0.05, 0.1) is 5.76 Å². The molecule has 1 N–H and O–H groups in total. The molecule has 0 atom stereocenters. The Morgan fingerprint density at radius 3 is 2.25 bits per heavy atom. The third kappa shape index (κ3) is 9.30. The van der Waals surface area contributed by atoms with Crippen LogP contribution in [0.4, 0.5) is 0 Å². The van der Waals surface area contributed by atoms with Crippen LogP contribution in [0.1, 0.15) is 105 Å². The Balaban J connectivity index is 0.000000253. The first-order valence-electron chi connectivity index (χ1n) is 19.0. The molecule has 51 heavy (non-hydrogen) atoms. The molecule has 1 saturated carbocycles. The van der Waals surface area contributed by atoms with E-state index in [1.807, 2.05) is 17.5 Å². The van der Waals surface area contributed by atoms with E-state index < -0.39 is 8.07 Å².